The van der Waals surface area contributed by atoms with E-state index in [1.807, 2.05) is 0 Å². The third-order valence-electron chi connectivity index (χ3n) is 2.54. The van der Waals surface area contributed by atoms with E-state index in [0.717, 1.165) is 0 Å². The van der Waals surface area contributed by atoms with Crippen molar-refractivity contribution in [3.8, 4) is 0 Å². The van der Waals surface area contributed by atoms with Gasteiger partial charge in [-0.05, 0) is 18.8 Å². The second-order valence-corrected chi connectivity index (χ2v) is 3.68. The van der Waals surface area contributed by atoms with E-state index in [9.17, 15) is 22.0 Å². The van der Waals surface area contributed by atoms with Crippen molar-refractivity contribution in [2.75, 3.05) is 0 Å². The molecule has 0 aliphatic heterocycles. The first-order valence-corrected chi connectivity index (χ1v) is 4.35. The van der Waals surface area contributed by atoms with Crippen LogP contribution in [0.3, 0.4) is 0 Å². The van der Waals surface area contributed by atoms with Crippen molar-refractivity contribution in [1.82, 2.24) is 0 Å². The second kappa shape index (κ2) is 3.64. The lowest BCUT2D eigenvalue weighted by molar-refractivity contribution is -0.226. The minimum atomic E-state index is -4.70. The van der Waals surface area contributed by atoms with Crippen molar-refractivity contribution in [2.24, 2.45) is 5.92 Å². The highest BCUT2D eigenvalue weighted by molar-refractivity contribution is 4.84. The lowest BCUT2D eigenvalue weighted by atomic mass is 9.83. The van der Waals surface area contributed by atoms with Gasteiger partial charge in [0.2, 0.25) is 5.92 Å². The fourth-order valence-corrected chi connectivity index (χ4v) is 1.65. The molecule has 0 aromatic rings. The van der Waals surface area contributed by atoms with Crippen LogP contribution >= 0.6 is 0 Å². The zero-order valence-corrected chi connectivity index (χ0v) is 7.32. The smallest absolute Gasteiger partial charge is 0.383 e. The molecule has 1 rings (SSSR count). The van der Waals surface area contributed by atoms with Crippen molar-refractivity contribution >= 4 is 0 Å². The van der Waals surface area contributed by atoms with Gasteiger partial charge in [-0.1, -0.05) is 0 Å². The molecule has 0 aromatic carbocycles. The molecule has 0 heterocycles. The van der Waals surface area contributed by atoms with Gasteiger partial charge in [0, 0.05) is 12.8 Å². The van der Waals surface area contributed by atoms with E-state index in [1.165, 1.54) is 0 Å². The Labute approximate surface area is 77.9 Å². The Balaban J connectivity index is 2.50. The Morgan fingerprint density at radius 3 is 1.93 bits per heavy atom. The molecule has 0 saturated heterocycles. The van der Waals surface area contributed by atoms with Crippen molar-refractivity contribution in [2.45, 2.75) is 43.9 Å². The molecule has 1 unspecified atom stereocenters. The largest absolute Gasteiger partial charge is 0.414 e. The maximum Gasteiger partial charge on any atom is 0.414 e. The average molecular weight is 218 g/mol. The lowest BCUT2D eigenvalue weighted by Crippen LogP contribution is -2.39. The van der Waals surface area contributed by atoms with E-state index < -0.39 is 37.0 Å². The molecule has 0 radical (unpaired) electrons. The Morgan fingerprint density at radius 1 is 1.14 bits per heavy atom. The fourth-order valence-electron chi connectivity index (χ4n) is 1.65. The minimum Gasteiger partial charge on any atom is -0.383 e. The molecule has 0 amide bonds. The Bertz CT molecular complexity index is 190. The van der Waals surface area contributed by atoms with Gasteiger partial charge in [-0.2, -0.15) is 13.2 Å². The highest BCUT2D eigenvalue weighted by Gasteiger charge is 2.47. The van der Waals surface area contributed by atoms with E-state index >= 15 is 0 Å². The highest BCUT2D eigenvalue weighted by atomic mass is 19.4. The summed E-state index contributed by atoms with van der Waals surface area (Å²) in [4.78, 5) is 0. The molecule has 1 saturated carbocycles. The summed E-state index contributed by atoms with van der Waals surface area (Å²) in [6.45, 7) is 0. The Kier molecular flexibility index (Phi) is 3.04. The Hall–Kier alpha value is -0.390. The normalized spacial score (nSPS) is 26.1. The van der Waals surface area contributed by atoms with Crippen LogP contribution in [0.5, 0.6) is 0 Å². The molecule has 0 aromatic heterocycles. The topological polar surface area (TPSA) is 20.2 Å². The van der Waals surface area contributed by atoms with Crippen LogP contribution in [0.2, 0.25) is 0 Å². The van der Waals surface area contributed by atoms with Gasteiger partial charge in [0.05, 0.1) is 0 Å². The number of aliphatic hydroxyl groups excluding tert-OH is 1. The molecule has 84 valence electrons. The summed E-state index contributed by atoms with van der Waals surface area (Å²) in [6.07, 6.45) is -8.83. The van der Waals surface area contributed by atoms with Gasteiger partial charge in [0.15, 0.2) is 6.10 Å². The maximum absolute atomic E-state index is 12.6. The first kappa shape index (κ1) is 11.7. The SMILES string of the molecule is OC(C1CCC(F)(F)CC1)C(F)(F)F. The second-order valence-electron chi connectivity index (χ2n) is 3.68. The molecule has 6 heteroatoms. The third kappa shape index (κ3) is 2.80. The number of aliphatic hydroxyl groups is 1. The van der Waals surface area contributed by atoms with Crippen molar-refractivity contribution < 1.29 is 27.1 Å². The molecular weight excluding hydrogens is 207 g/mol. The molecular formula is C8H11F5O. The van der Waals surface area contributed by atoms with Crippen LogP contribution in [0.4, 0.5) is 22.0 Å². The summed E-state index contributed by atoms with van der Waals surface area (Å²) in [5.41, 5.74) is 0. The molecule has 1 nitrogen and oxygen atoms in total. The quantitative estimate of drug-likeness (QED) is 0.671. The first-order valence-electron chi connectivity index (χ1n) is 4.35. The number of hydrogen-bond acceptors (Lipinski definition) is 1. The standard InChI is InChI=1S/C8H11F5O/c9-7(10)3-1-5(2-4-7)6(14)8(11,12)13/h5-6,14H,1-4H2. The monoisotopic (exact) mass is 218 g/mol. The summed E-state index contributed by atoms with van der Waals surface area (Å²) in [5.74, 6) is -3.93. The van der Waals surface area contributed by atoms with Crippen molar-refractivity contribution in [1.29, 1.82) is 0 Å². The van der Waals surface area contributed by atoms with E-state index in [1.54, 1.807) is 0 Å². The predicted molar refractivity (Wildman–Crippen MR) is 39.0 cm³/mol. The number of alkyl halides is 5. The minimum absolute atomic E-state index is 0.270. The van der Waals surface area contributed by atoms with E-state index in [0.29, 0.717) is 0 Å². The van der Waals surface area contributed by atoms with Crippen LogP contribution < -0.4 is 0 Å². The van der Waals surface area contributed by atoms with Gasteiger partial charge in [0.1, 0.15) is 0 Å². The third-order valence-corrected chi connectivity index (χ3v) is 2.54. The van der Waals surface area contributed by atoms with Crippen molar-refractivity contribution in [3.63, 3.8) is 0 Å². The summed E-state index contributed by atoms with van der Waals surface area (Å²) in [6, 6.07) is 0. The van der Waals surface area contributed by atoms with E-state index in [4.69, 9.17) is 5.11 Å². The van der Waals surface area contributed by atoms with Crippen LogP contribution in [0.15, 0.2) is 0 Å². The highest BCUT2D eigenvalue weighted by Crippen LogP contribution is 2.40. The molecule has 1 aliphatic rings. The van der Waals surface area contributed by atoms with Crippen LogP contribution in [-0.4, -0.2) is 23.3 Å². The van der Waals surface area contributed by atoms with E-state index in [-0.39, 0.29) is 12.8 Å². The average Bonchev–Trinajstić information content (AvgIpc) is 2.01. The first-order chi connectivity index (χ1) is 6.22. The van der Waals surface area contributed by atoms with Gasteiger partial charge >= 0.3 is 6.18 Å². The zero-order valence-electron chi connectivity index (χ0n) is 7.32. The molecule has 1 fully saturated rings. The molecule has 1 aliphatic carbocycles. The lowest BCUT2D eigenvalue weighted by Gasteiger charge is -2.31. The summed E-state index contributed by atoms with van der Waals surface area (Å²) >= 11 is 0. The number of hydrogen-bond donors (Lipinski definition) is 1. The fraction of sp³-hybridized carbons (Fsp3) is 1.00. The van der Waals surface area contributed by atoms with Gasteiger partial charge in [-0.15, -0.1) is 0 Å². The number of halogens is 5. The maximum atomic E-state index is 12.6. The molecule has 1 atom stereocenters. The van der Waals surface area contributed by atoms with Crippen LogP contribution in [-0.2, 0) is 0 Å². The van der Waals surface area contributed by atoms with Crippen LogP contribution in [0, 0.1) is 5.92 Å². The van der Waals surface area contributed by atoms with Crippen LogP contribution in [0.25, 0.3) is 0 Å². The van der Waals surface area contributed by atoms with Crippen LogP contribution in [0.1, 0.15) is 25.7 Å². The van der Waals surface area contributed by atoms with Gasteiger partial charge in [-0.3, -0.25) is 0 Å². The Morgan fingerprint density at radius 2 is 1.57 bits per heavy atom. The zero-order chi connectivity index (χ0) is 11.0. The number of rotatable bonds is 1. The van der Waals surface area contributed by atoms with Gasteiger partial charge < -0.3 is 5.11 Å². The molecule has 14 heavy (non-hydrogen) atoms. The van der Waals surface area contributed by atoms with Gasteiger partial charge in [0.25, 0.3) is 0 Å². The summed E-state index contributed by atoms with van der Waals surface area (Å²) < 4.78 is 61.1. The molecule has 0 spiro atoms. The van der Waals surface area contributed by atoms with Crippen molar-refractivity contribution in [3.05, 3.63) is 0 Å². The summed E-state index contributed by atoms with van der Waals surface area (Å²) in [7, 11) is 0. The molecule has 1 N–H and O–H groups in total. The molecule has 0 bridgehead atoms. The van der Waals surface area contributed by atoms with E-state index in [2.05, 4.69) is 0 Å². The summed E-state index contributed by atoms with van der Waals surface area (Å²) in [5, 5.41) is 8.81. The predicted octanol–water partition coefficient (Wildman–Crippen LogP) is 2.74. The van der Waals surface area contributed by atoms with Gasteiger partial charge in [-0.25, -0.2) is 8.78 Å².